The zero-order valence-electron chi connectivity index (χ0n) is 11.6. The van der Waals surface area contributed by atoms with E-state index in [0.29, 0.717) is 12.0 Å². The van der Waals surface area contributed by atoms with Gasteiger partial charge in [-0.1, -0.05) is 31.9 Å². The quantitative estimate of drug-likeness (QED) is 0.663. The second-order valence-electron chi connectivity index (χ2n) is 5.61. The van der Waals surface area contributed by atoms with Crippen molar-refractivity contribution in [3.8, 4) is 0 Å². The van der Waals surface area contributed by atoms with E-state index < -0.39 is 0 Å². The van der Waals surface area contributed by atoms with Crippen LogP contribution in [0.2, 0.25) is 0 Å². The number of non-ortho nitro benzene ring substituents is 1. The summed E-state index contributed by atoms with van der Waals surface area (Å²) in [6.07, 6.45) is 5.17. The zero-order valence-corrected chi connectivity index (χ0v) is 11.6. The fourth-order valence-electron chi connectivity index (χ4n) is 2.87. The molecule has 0 spiro atoms. The monoisotopic (exact) mass is 262 g/mol. The lowest BCUT2D eigenvalue weighted by atomic mass is 9.85. The van der Waals surface area contributed by atoms with E-state index in [2.05, 4.69) is 19.2 Å². The van der Waals surface area contributed by atoms with Crippen molar-refractivity contribution in [2.45, 2.75) is 51.6 Å². The van der Waals surface area contributed by atoms with Gasteiger partial charge in [0.2, 0.25) is 0 Å². The number of nitro groups is 1. The van der Waals surface area contributed by atoms with Crippen molar-refractivity contribution in [1.82, 2.24) is 5.32 Å². The number of nitrogens with one attached hydrogen (secondary N) is 1. The number of hydrogen-bond acceptors (Lipinski definition) is 3. The highest BCUT2D eigenvalue weighted by Crippen LogP contribution is 2.26. The van der Waals surface area contributed by atoms with Crippen LogP contribution in [0, 0.1) is 16.0 Å². The third-order valence-electron chi connectivity index (χ3n) is 4.18. The van der Waals surface area contributed by atoms with Crippen LogP contribution in [-0.2, 0) is 0 Å². The highest BCUT2D eigenvalue weighted by Gasteiger charge is 2.22. The van der Waals surface area contributed by atoms with Crippen molar-refractivity contribution in [3.63, 3.8) is 0 Å². The van der Waals surface area contributed by atoms with E-state index >= 15 is 0 Å². The summed E-state index contributed by atoms with van der Waals surface area (Å²) in [4.78, 5) is 10.3. The highest BCUT2D eigenvalue weighted by molar-refractivity contribution is 5.34. The lowest BCUT2D eigenvalue weighted by molar-refractivity contribution is -0.384. The Morgan fingerprint density at radius 3 is 2.47 bits per heavy atom. The van der Waals surface area contributed by atoms with Crippen LogP contribution in [0.1, 0.15) is 51.1 Å². The molecule has 4 nitrogen and oxygen atoms in total. The van der Waals surface area contributed by atoms with E-state index in [9.17, 15) is 10.1 Å². The van der Waals surface area contributed by atoms with Gasteiger partial charge in [0.05, 0.1) is 4.92 Å². The molecule has 1 aliphatic carbocycles. The second kappa shape index (κ2) is 6.15. The maximum atomic E-state index is 10.6. The second-order valence-corrected chi connectivity index (χ2v) is 5.61. The third-order valence-corrected chi connectivity index (χ3v) is 4.18. The number of nitrogens with zero attached hydrogens (tertiary/aromatic N) is 1. The van der Waals surface area contributed by atoms with Gasteiger partial charge < -0.3 is 5.32 Å². The molecular weight excluding hydrogens is 240 g/mol. The summed E-state index contributed by atoms with van der Waals surface area (Å²) in [6.45, 7) is 4.43. The van der Waals surface area contributed by atoms with E-state index in [-0.39, 0.29) is 16.7 Å². The van der Waals surface area contributed by atoms with E-state index in [1.165, 1.54) is 25.7 Å². The molecule has 0 aliphatic heterocycles. The van der Waals surface area contributed by atoms with Crippen LogP contribution in [0.3, 0.4) is 0 Å². The van der Waals surface area contributed by atoms with Gasteiger partial charge in [-0.2, -0.15) is 0 Å². The summed E-state index contributed by atoms with van der Waals surface area (Å²) in [5.74, 6) is 0.717. The van der Waals surface area contributed by atoms with Gasteiger partial charge in [-0.05, 0) is 31.2 Å². The first-order valence-corrected chi connectivity index (χ1v) is 7.08. The van der Waals surface area contributed by atoms with Gasteiger partial charge in [0.25, 0.3) is 5.69 Å². The van der Waals surface area contributed by atoms with Crippen LogP contribution in [0.5, 0.6) is 0 Å². The molecule has 0 amide bonds. The van der Waals surface area contributed by atoms with Crippen LogP contribution < -0.4 is 5.32 Å². The summed E-state index contributed by atoms with van der Waals surface area (Å²) in [5.41, 5.74) is 1.27. The standard InChI is InChI=1S/C15H22N2O2/c1-11-5-3-4-6-15(11)16-12(2)13-7-9-14(10-8-13)17(18)19/h7-12,15-16H,3-6H2,1-2H3. The Morgan fingerprint density at radius 1 is 1.26 bits per heavy atom. The average molecular weight is 262 g/mol. The van der Waals surface area contributed by atoms with Gasteiger partial charge in [0.15, 0.2) is 0 Å². The Labute approximate surface area is 114 Å². The Hall–Kier alpha value is -1.42. The topological polar surface area (TPSA) is 55.2 Å². The number of nitro benzene ring substituents is 1. The van der Waals surface area contributed by atoms with Gasteiger partial charge in [-0.3, -0.25) is 10.1 Å². The predicted octanol–water partition coefficient (Wildman–Crippen LogP) is 3.82. The van der Waals surface area contributed by atoms with Gasteiger partial charge in [-0.15, -0.1) is 0 Å². The highest BCUT2D eigenvalue weighted by atomic mass is 16.6. The molecule has 0 heterocycles. The number of rotatable bonds is 4. The molecule has 1 N–H and O–H groups in total. The normalized spacial score (nSPS) is 24.9. The van der Waals surface area contributed by atoms with E-state index in [4.69, 9.17) is 0 Å². The zero-order chi connectivity index (χ0) is 13.8. The van der Waals surface area contributed by atoms with Gasteiger partial charge in [0, 0.05) is 24.2 Å². The minimum atomic E-state index is -0.356. The molecule has 1 saturated carbocycles. The van der Waals surface area contributed by atoms with Crippen LogP contribution in [0.25, 0.3) is 0 Å². The van der Waals surface area contributed by atoms with Gasteiger partial charge in [-0.25, -0.2) is 0 Å². The molecule has 1 aromatic rings. The molecular formula is C15H22N2O2. The maximum Gasteiger partial charge on any atom is 0.269 e. The molecule has 0 saturated heterocycles. The van der Waals surface area contributed by atoms with Crippen LogP contribution in [0.4, 0.5) is 5.69 Å². The molecule has 0 bridgehead atoms. The first-order chi connectivity index (χ1) is 9.08. The largest absolute Gasteiger partial charge is 0.307 e. The lowest BCUT2D eigenvalue weighted by Crippen LogP contribution is -2.38. The molecule has 2 rings (SSSR count). The fourth-order valence-corrected chi connectivity index (χ4v) is 2.87. The SMILES string of the molecule is CC(NC1CCCCC1C)c1ccc([N+](=O)[O-])cc1. The summed E-state index contributed by atoms with van der Waals surface area (Å²) in [6, 6.07) is 7.67. The minimum absolute atomic E-state index is 0.155. The summed E-state index contributed by atoms with van der Waals surface area (Å²) >= 11 is 0. The summed E-state index contributed by atoms with van der Waals surface area (Å²) in [5, 5.41) is 14.3. The predicted molar refractivity (Wildman–Crippen MR) is 76.1 cm³/mol. The van der Waals surface area contributed by atoms with Crippen molar-refractivity contribution in [3.05, 3.63) is 39.9 Å². The number of benzene rings is 1. The molecule has 104 valence electrons. The number of hydrogen-bond donors (Lipinski definition) is 1. The Bertz CT molecular complexity index is 430. The fraction of sp³-hybridized carbons (Fsp3) is 0.600. The molecule has 1 aliphatic rings. The van der Waals surface area contributed by atoms with Crippen LogP contribution in [-0.4, -0.2) is 11.0 Å². The molecule has 4 heteroatoms. The summed E-state index contributed by atoms with van der Waals surface area (Å²) < 4.78 is 0. The van der Waals surface area contributed by atoms with Crippen molar-refractivity contribution in [2.24, 2.45) is 5.92 Å². The van der Waals surface area contributed by atoms with Crippen molar-refractivity contribution < 1.29 is 4.92 Å². The average Bonchev–Trinajstić information content (AvgIpc) is 2.41. The summed E-state index contributed by atoms with van der Waals surface area (Å²) in [7, 11) is 0. The van der Waals surface area contributed by atoms with Crippen LogP contribution >= 0.6 is 0 Å². The molecule has 0 aromatic heterocycles. The van der Waals surface area contributed by atoms with Crippen molar-refractivity contribution in [2.75, 3.05) is 0 Å². The van der Waals surface area contributed by atoms with Gasteiger partial charge >= 0.3 is 0 Å². The van der Waals surface area contributed by atoms with Gasteiger partial charge in [0.1, 0.15) is 0 Å². The molecule has 19 heavy (non-hydrogen) atoms. The Kier molecular flexibility index (Phi) is 4.53. The molecule has 1 aromatic carbocycles. The minimum Gasteiger partial charge on any atom is -0.307 e. The van der Waals surface area contributed by atoms with Crippen LogP contribution in [0.15, 0.2) is 24.3 Å². The van der Waals surface area contributed by atoms with Crippen molar-refractivity contribution >= 4 is 5.69 Å². The lowest BCUT2D eigenvalue weighted by Gasteiger charge is -2.32. The molecule has 3 atom stereocenters. The first-order valence-electron chi connectivity index (χ1n) is 7.08. The smallest absolute Gasteiger partial charge is 0.269 e. The molecule has 1 fully saturated rings. The van der Waals surface area contributed by atoms with Crippen molar-refractivity contribution in [1.29, 1.82) is 0 Å². The molecule has 0 radical (unpaired) electrons. The third kappa shape index (κ3) is 3.53. The Balaban J connectivity index is 1.98. The molecule has 3 unspecified atom stereocenters. The first kappa shape index (κ1) is 14.0. The van der Waals surface area contributed by atoms with E-state index in [1.54, 1.807) is 12.1 Å². The van der Waals surface area contributed by atoms with E-state index in [1.807, 2.05) is 12.1 Å². The maximum absolute atomic E-state index is 10.6. The Morgan fingerprint density at radius 2 is 1.89 bits per heavy atom. The van der Waals surface area contributed by atoms with E-state index in [0.717, 1.165) is 5.56 Å².